The second-order valence-corrected chi connectivity index (χ2v) is 13.1. The molecule has 0 aliphatic carbocycles. The topological polar surface area (TPSA) is 52.5 Å². The molecule has 0 N–H and O–H groups in total. The third-order valence-corrected chi connectivity index (χ3v) is 10.4. The molecule has 0 aliphatic rings. The van der Waals surface area contributed by atoms with Gasteiger partial charge in [-0.25, -0.2) is 0 Å². The van der Waals surface area contributed by atoms with Crippen LogP contribution in [-0.2, 0) is 0 Å². The number of para-hydroxylation sites is 2. The number of hydrogen-bond acceptors (Lipinski definition) is 3. The molecule has 3 nitrogen and oxygen atoms in total. The maximum Gasteiger partial charge on any atom is 0.0992 e. The van der Waals surface area contributed by atoms with E-state index in [0.29, 0.717) is 11.1 Å². The summed E-state index contributed by atoms with van der Waals surface area (Å²) in [5.74, 6) is 0. The minimum absolute atomic E-state index is 0.561. The fourth-order valence-electron chi connectivity index (χ4n) is 7.02. The first-order valence-corrected chi connectivity index (χ1v) is 16.6. The van der Waals surface area contributed by atoms with Crippen LogP contribution in [-0.4, -0.2) is 4.57 Å². The maximum absolute atomic E-state index is 10.2. The average molecular weight is 628 g/mol. The lowest BCUT2D eigenvalue weighted by Gasteiger charge is -2.14. The third kappa shape index (κ3) is 4.48. The molecule has 0 saturated carbocycles. The van der Waals surface area contributed by atoms with E-state index in [4.69, 9.17) is 0 Å². The molecule has 0 bridgehead atoms. The fraction of sp³-hybridized carbons (Fsp3) is 0. The van der Waals surface area contributed by atoms with Crippen LogP contribution in [0.2, 0.25) is 0 Å². The molecule has 2 aromatic heterocycles. The summed E-state index contributed by atoms with van der Waals surface area (Å²) in [5.41, 5.74) is 10.3. The molecule has 7 aromatic carbocycles. The predicted molar refractivity (Wildman–Crippen MR) is 199 cm³/mol. The number of rotatable bonds is 4. The number of fused-ring (bicyclic) bond motifs is 6. The van der Waals surface area contributed by atoms with E-state index in [2.05, 4.69) is 126 Å². The first kappa shape index (κ1) is 27.8. The van der Waals surface area contributed by atoms with Crippen molar-refractivity contribution in [1.29, 1.82) is 10.5 Å². The van der Waals surface area contributed by atoms with Gasteiger partial charge in [0, 0.05) is 42.2 Å². The summed E-state index contributed by atoms with van der Waals surface area (Å²) in [5, 5.41) is 25.2. The van der Waals surface area contributed by atoms with Gasteiger partial charge in [0.2, 0.25) is 0 Å². The van der Waals surface area contributed by atoms with Crippen molar-refractivity contribution in [3.63, 3.8) is 0 Å². The lowest BCUT2D eigenvalue weighted by atomic mass is 9.92. The summed E-state index contributed by atoms with van der Waals surface area (Å²) in [6.07, 6.45) is 0. The lowest BCUT2D eigenvalue weighted by Crippen LogP contribution is -1.96. The minimum atomic E-state index is 0.561. The Hall–Kier alpha value is -6.46. The molecule has 0 radical (unpaired) electrons. The Bertz CT molecular complexity index is 2750. The molecule has 0 atom stereocenters. The lowest BCUT2D eigenvalue weighted by molar-refractivity contribution is 1.18. The van der Waals surface area contributed by atoms with Crippen molar-refractivity contribution in [2.45, 2.75) is 0 Å². The first-order chi connectivity index (χ1) is 23.7. The number of nitriles is 2. The zero-order valence-electron chi connectivity index (χ0n) is 25.7. The predicted octanol–water partition coefficient (Wildman–Crippen LogP) is 11.9. The highest BCUT2D eigenvalue weighted by Crippen LogP contribution is 2.43. The van der Waals surface area contributed by atoms with Crippen molar-refractivity contribution in [2.24, 2.45) is 0 Å². The Morgan fingerprint density at radius 3 is 1.65 bits per heavy atom. The van der Waals surface area contributed by atoms with Gasteiger partial charge in [0.1, 0.15) is 0 Å². The molecule has 9 aromatic rings. The largest absolute Gasteiger partial charge is 0.309 e. The summed E-state index contributed by atoms with van der Waals surface area (Å²) in [4.78, 5) is 0. The SMILES string of the molecule is N#Cc1cc(-c2cc(C#N)cc(-n3c4ccccc4c4ccccc43)c2)cc(-c2cc(-c3ccccc3)c3sc4ccccc4c3c2)c1. The van der Waals surface area contributed by atoms with Crippen LogP contribution in [0.25, 0.3) is 81.0 Å². The Labute approximate surface area is 281 Å². The highest BCUT2D eigenvalue weighted by molar-refractivity contribution is 7.26. The van der Waals surface area contributed by atoms with E-state index in [1.54, 1.807) is 0 Å². The molecule has 0 aliphatic heterocycles. The van der Waals surface area contributed by atoms with Gasteiger partial charge in [-0.2, -0.15) is 10.5 Å². The summed E-state index contributed by atoms with van der Waals surface area (Å²) < 4.78 is 4.73. The number of nitrogens with zero attached hydrogens (tertiary/aromatic N) is 3. The van der Waals surface area contributed by atoms with Gasteiger partial charge in [-0.15, -0.1) is 11.3 Å². The van der Waals surface area contributed by atoms with E-state index >= 15 is 0 Å². The van der Waals surface area contributed by atoms with Gasteiger partial charge in [0.25, 0.3) is 0 Å². The third-order valence-electron chi connectivity index (χ3n) is 9.18. The van der Waals surface area contributed by atoms with Crippen molar-refractivity contribution >= 4 is 53.3 Å². The van der Waals surface area contributed by atoms with Crippen LogP contribution in [0.15, 0.2) is 152 Å². The van der Waals surface area contributed by atoms with Crippen molar-refractivity contribution in [2.75, 3.05) is 0 Å². The van der Waals surface area contributed by atoms with Crippen LogP contribution in [0.5, 0.6) is 0 Å². The van der Waals surface area contributed by atoms with Gasteiger partial charge in [-0.3, -0.25) is 0 Å². The highest BCUT2D eigenvalue weighted by atomic mass is 32.1. The Balaban J connectivity index is 1.27. The number of benzene rings is 7. The van der Waals surface area contributed by atoms with Crippen molar-refractivity contribution in [1.82, 2.24) is 4.57 Å². The van der Waals surface area contributed by atoms with Gasteiger partial charge >= 0.3 is 0 Å². The molecule has 0 fully saturated rings. The molecule has 2 heterocycles. The van der Waals surface area contributed by atoms with E-state index in [9.17, 15) is 10.5 Å². The normalized spacial score (nSPS) is 11.3. The van der Waals surface area contributed by atoms with Crippen LogP contribution in [0.4, 0.5) is 0 Å². The number of thiophene rings is 1. The van der Waals surface area contributed by atoms with Crippen molar-refractivity contribution in [3.05, 3.63) is 163 Å². The molecule has 0 unspecified atom stereocenters. The van der Waals surface area contributed by atoms with E-state index in [1.165, 1.54) is 25.7 Å². The molecular formula is C44H25N3S. The second-order valence-electron chi connectivity index (χ2n) is 12.0. The molecule has 0 spiro atoms. The van der Waals surface area contributed by atoms with Crippen molar-refractivity contribution < 1.29 is 0 Å². The molecule has 0 saturated heterocycles. The van der Waals surface area contributed by atoms with Gasteiger partial charge in [0.05, 0.1) is 34.3 Å². The Morgan fingerprint density at radius 2 is 0.979 bits per heavy atom. The van der Waals surface area contributed by atoms with E-state index in [-0.39, 0.29) is 0 Å². The summed E-state index contributed by atoms with van der Waals surface area (Å²) in [7, 11) is 0. The molecule has 48 heavy (non-hydrogen) atoms. The van der Waals surface area contributed by atoms with E-state index < -0.39 is 0 Å². The van der Waals surface area contributed by atoms with Crippen LogP contribution in [0.3, 0.4) is 0 Å². The fourth-order valence-corrected chi connectivity index (χ4v) is 8.24. The second kappa shape index (κ2) is 11.1. The summed E-state index contributed by atoms with van der Waals surface area (Å²) >= 11 is 1.82. The zero-order valence-corrected chi connectivity index (χ0v) is 26.5. The van der Waals surface area contributed by atoms with Gasteiger partial charge in [-0.1, -0.05) is 84.9 Å². The van der Waals surface area contributed by atoms with E-state index in [0.717, 1.165) is 55.3 Å². The molecule has 222 valence electrons. The standard InChI is InChI=1S/C44H25N3S/c45-26-28-18-31(33-20-29(27-46)21-35(23-33)47-41-15-7-4-12-36(41)37-13-5-8-16-42(37)47)22-32(19-28)34-24-39(30-10-2-1-3-11-30)44-40(25-34)38-14-6-9-17-43(38)48-44/h1-25H. The summed E-state index contributed by atoms with van der Waals surface area (Å²) in [6, 6.07) is 57.1. The molecular weight excluding hydrogens is 603 g/mol. The molecule has 9 rings (SSSR count). The number of hydrogen-bond donors (Lipinski definition) is 0. The maximum atomic E-state index is 10.2. The summed E-state index contributed by atoms with van der Waals surface area (Å²) in [6.45, 7) is 0. The van der Waals surface area contributed by atoms with Crippen LogP contribution >= 0.6 is 11.3 Å². The zero-order chi connectivity index (χ0) is 32.2. The van der Waals surface area contributed by atoms with Gasteiger partial charge in [-0.05, 0) is 94.5 Å². The average Bonchev–Trinajstić information content (AvgIpc) is 3.70. The molecule has 0 amide bonds. The van der Waals surface area contributed by atoms with Crippen LogP contribution in [0.1, 0.15) is 11.1 Å². The Kier molecular flexibility index (Phi) is 6.44. The smallest absolute Gasteiger partial charge is 0.0992 e. The highest BCUT2D eigenvalue weighted by Gasteiger charge is 2.17. The van der Waals surface area contributed by atoms with Crippen LogP contribution < -0.4 is 0 Å². The van der Waals surface area contributed by atoms with Gasteiger partial charge < -0.3 is 4.57 Å². The monoisotopic (exact) mass is 627 g/mol. The minimum Gasteiger partial charge on any atom is -0.309 e. The number of aromatic nitrogens is 1. The van der Waals surface area contributed by atoms with E-state index in [1.807, 2.05) is 53.8 Å². The quantitative estimate of drug-likeness (QED) is 0.195. The van der Waals surface area contributed by atoms with Crippen molar-refractivity contribution in [3.8, 4) is 51.2 Å². The first-order valence-electron chi connectivity index (χ1n) is 15.8. The van der Waals surface area contributed by atoms with Gasteiger partial charge in [0.15, 0.2) is 0 Å². The Morgan fingerprint density at radius 1 is 0.438 bits per heavy atom. The van der Waals surface area contributed by atoms with Crippen LogP contribution in [0, 0.1) is 22.7 Å². The molecule has 4 heteroatoms.